The fourth-order valence-corrected chi connectivity index (χ4v) is 2.73. The molecule has 0 aromatic heterocycles. The summed E-state index contributed by atoms with van der Waals surface area (Å²) in [5, 5.41) is 10.8. The third-order valence-corrected chi connectivity index (χ3v) is 3.95. The molecule has 0 radical (unpaired) electrons. The Bertz CT molecular complexity index is 401. The summed E-state index contributed by atoms with van der Waals surface area (Å²) in [6.07, 6.45) is 7.26. The van der Waals surface area contributed by atoms with E-state index in [0.717, 1.165) is 12.8 Å². The summed E-state index contributed by atoms with van der Waals surface area (Å²) in [4.78, 5) is 0. The molecule has 4 heteroatoms. The third kappa shape index (κ3) is 7.65. The minimum atomic E-state index is -1.71. The number of unbranched alkanes of at least 4 members (excludes halogenated alkanes) is 5. The first-order valence-electron chi connectivity index (χ1n) is 9.38. The molecule has 1 unspecified atom stereocenters. The van der Waals surface area contributed by atoms with E-state index in [4.69, 9.17) is 14.2 Å². The molecule has 0 amide bonds. The van der Waals surface area contributed by atoms with Crippen molar-refractivity contribution < 1.29 is 19.3 Å². The Morgan fingerprint density at radius 1 is 0.875 bits per heavy atom. The van der Waals surface area contributed by atoms with Crippen molar-refractivity contribution in [2.24, 2.45) is 0 Å². The molecule has 0 aliphatic carbocycles. The summed E-state index contributed by atoms with van der Waals surface area (Å²) in [7, 11) is 0. The van der Waals surface area contributed by atoms with Gasteiger partial charge >= 0.3 is 5.97 Å². The molecule has 0 aliphatic rings. The Balaban J connectivity index is 2.67. The van der Waals surface area contributed by atoms with Gasteiger partial charge in [0.2, 0.25) is 0 Å². The highest BCUT2D eigenvalue weighted by molar-refractivity contribution is 5.21. The lowest BCUT2D eigenvalue weighted by atomic mass is 10.1. The molecule has 0 heterocycles. The number of para-hydroxylation sites is 1. The predicted octanol–water partition coefficient (Wildman–Crippen LogP) is 4.90. The Labute approximate surface area is 147 Å². The van der Waals surface area contributed by atoms with Crippen LogP contribution in [0, 0.1) is 0 Å². The number of hydrogen-bond donors (Lipinski definition) is 1. The molecule has 0 saturated carbocycles. The minimum absolute atomic E-state index is 0.363. The average molecular weight is 338 g/mol. The molecule has 0 bridgehead atoms. The van der Waals surface area contributed by atoms with Crippen molar-refractivity contribution in [1.29, 1.82) is 0 Å². The molecule has 1 aromatic rings. The van der Waals surface area contributed by atoms with E-state index in [9.17, 15) is 5.11 Å². The van der Waals surface area contributed by atoms with Crippen LogP contribution in [0.25, 0.3) is 0 Å². The van der Waals surface area contributed by atoms with Gasteiger partial charge in [-0.1, -0.05) is 57.2 Å². The van der Waals surface area contributed by atoms with E-state index in [1.165, 1.54) is 25.7 Å². The van der Waals surface area contributed by atoms with Gasteiger partial charge in [-0.15, -0.1) is 0 Å². The molecule has 0 spiro atoms. The number of hydrogen-bond acceptors (Lipinski definition) is 4. The van der Waals surface area contributed by atoms with Gasteiger partial charge in [0.15, 0.2) is 6.10 Å². The molecule has 1 atom stereocenters. The highest BCUT2D eigenvalue weighted by Gasteiger charge is 2.40. The quantitative estimate of drug-likeness (QED) is 0.387. The zero-order valence-electron chi connectivity index (χ0n) is 15.5. The standard InChI is InChI=1S/C20H34O4/c1-4-7-8-9-10-14-17-19(20(21,22-5-2)23-6-3)24-18-15-12-11-13-16-18/h11-13,15-16,19,21H,4-10,14,17H2,1-3H3. The van der Waals surface area contributed by atoms with Crippen LogP contribution in [0.2, 0.25) is 0 Å². The SMILES string of the molecule is CCCCCCCCC(Oc1ccccc1)C(O)(OCC)OCC. The highest BCUT2D eigenvalue weighted by Crippen LogP contribution is 2.26. The first-order valence-corrected chi connectivity index (χ1v) is 9.38. The smallest absolute Gasteiger partial charge is 0.319 e. The Hall–Kier alpha value is -1.10. The van der Waals surface area contributed by atoms with Crippen molar-refractivity contribution in [2.75, 3.05) is 13.2 Å². The van der Waals surface area contributed by atoms with Crippen LogP contribution in [0.15, 0.2) is 30.3 Å². The normalized spacial score (nSPS) is 13.0. The molecule has 0 aliphatic heterocycles. The second-order valence-electron chi connectivity index (χ2n) is 5.97. The van der Waals surface area contributed by atoms with Crippen LogP contribution >= 0.6 is 0 Å². The average Bonchev–Trinajstić information content (AvgIpc) is 2.58. The molecule has 138 valence electrons. The van der Waals surface area contributed by atoms with Gasteiger partial charge < -0.3 is 19.3 Å². The number of benzene rings is 1. The Morgan fingerprint density at radius 2 is 1.46 bits per heavy atom. The number of ether oxygens (including phenoxy) is 3. The summed E-state index contributed by atoms with van der Waals surface area (Å²) in [6.45, 7) is 6.62. The van der Waals surface area contributed by atoms with Crippen molar-refractivity contribution in [3.05, 3.63) is 30.3 Å². The molecule has 1 N–H and O–H groups in total. The zero-order chi connectivity index (χ0) is 17.7. The van der Waals surface area contributed by atoms with Gasteiger partial charge in [-0.05, 0) is 38.8 Å². The Morgan fingerprint density at radius 3 is 2.04 bits per heavy atom. The van der Waals surface area contributed by atoms with Gasteiger partial charge in [-0.25, -0.2) is 0 Å². The summed E-state index contributed by atoms with van der Waals surface area (Å²) >= 11 is 0. The fraction of sp³-hybridized carbons (Fsp3) is 0.700. The second kappa shape index (κ2) is 12.3. The lowest BCUT2D eigenvalue weighted by Crippen LogP contribution is -2.50. The van der Waals surface area contributed by atoms with Crippen LogP contribution in [-0.2, 0) is 9.47 Å². The number of rotatable bonds is 14. The lowest BCUT2D eigenvalue weighted by molar-refractivity contribution is -0.389. The van der Waals surface area contributed by atoms with Crippen LogP contribution in [0.3, 0.4) is 0 Å². The van der Waals surface area contributed by atoms with Crippen molar-refractivity contribution >= 4 is 0 Å². The molecule has 24 heavy (non-hydrogen) atoms. The van der Waals surface area contributed by atoms with Gasteiger partial charge in [-0.2, -0.15) is 0 Å². The first-order chi connectivity index (χ1) is 11.7. The summed E-state index contributed by atoms with van der Waals surface area (Å²) < 4.78 is 17.0. The van der Waals surface area contributed by atoms with Crippen molar-refractivity contribution in [1.82, 2.24) is 0 Å². The maximum Gasteiger partial charge on any atom is 0.319 e. The van der Waals surface area contributed by atoms with Crippen LogP contribution in [0.5, 0.6) is 5.75 Å². The van der Waals surface area contributed by atoms with Crippen LogP contribution in [0.4, 0.5) is 0 Å². The zero-order valence-corrected chi connectivity index (χ0v) is 15.5. The van der Waals surface area contributed by atoms with Crippen LogP contribution < -0.4 is 4.74 Å². The molecule has 0 fully saturated rings. The van der Waals surface area contributed by atoms with Gasteiger partial charge in [0.1, 0.15) is 5.75 Å². The second-order valence-corrected chi connectivity index (χ2v) is 5.97. The third-order valence-electron chi connectivity index (χ3n) is 3.95. The molecular formula is C20H34O4. The molecule has 1 aromatic carbocycles. The molecule has 1 rings (SSSR count). The van der Waals surface area contributed by atoms with Gasteiger partial charge in [0.25, 0.3) is 0 Å². The largest absolute Gasteiger partial charge is 0.482 e. The van der Waals surface area contributed by atoms with E-state index in [2.05, 4.69) is 6.92 Å². The van der Waals surface area contributed by atoms with Crippen molar-refractivity contribution in [2.45, 2.75) is 77.8 Å². The van der Waals surface area contributed by atoms with Gasteiger partial charge in [0, 0.05) is 13.2 Å². The Kier molecular flexibility index (Phi) is 10.7. The maximum atomic E-state index is 10.8. The molecule has 0 saturated heterocycles. The van der Waals surface area contributed by atoms with Crippen LogP contribution in [-0.4, -0.2) is 30.4 Å². The van der Waals surface area contributed by atoms with E-state index in [1.807, 2.05) is 44.2 Å². The van der Waals surface area contributed by atoms with Crippen LogP contribution in [0.1, 0.15) is 65.7 Å². The van der Waals surface area contributed by atoms with Crippen molar-refractivity contribution in [3.63, 3.8) is 0 Å². The first kappa shape index (κ1) is 20.9. The van der Waals surface area contributed by atoms with E-state index >= 15 is 0 Å². The fourth-order valence-electron chi connectivity index (χ4n) is 2.73. The summed E-state index contributed by atoms with van der Waals surface area (Å²) in [5.74, 6) is -0.991. The number of aliphatic hydroxyl groups is 1. The summed E-state index contributed by atoms with van der Waals surface area (Å²) in [5.41, 5.74) is 0. The molecular weight excluding hydrogens is 304 g/mol. The lowest BCUT2D eigenvalue weighted by Gasteiger charge is -2.34. The van der Waals surface area contributed by atoms with E-state index in [0.29, 0.717) is 25.4 Å². The highest BCUT2D eigenvalue weighted by atomic mass is 16.8. The van der Waals surface area contributed by atoms with Gasteiger partial charge in [-0.3, -0.25) is 0 Å². The summed E-state index contributed by atoms with van der Waals surface area (Å²) in [6, 6.07) is 9.53. The van der Waals surface area contributed by atoms with E-state index in [-0.39, 0.29) is 0 Å². The minimum Gasteiger partial charge on any atom is -0.482 e. The van der Waals surface area contributed by atoms with Gasteiger partial charge in [0.05, 0.1) is 0 Å². The topological polar surface area (TPSA) is 47.9 Å². The van der Waals surface area contributed by atoms with E-state index < -0.39 is 12.1 Å². The maximum absolute atomic E-state index is 10.8. The molecule has 4 nitrogen and oxygen atoms in total. The van der Waals surface area contributed by atoms with Crippen molar-refractivity contribution in [3.8, 4) is 5.75 Å². The monoisotopic (exact) mass is 338 g/mol. The predicted molar refractivity (Wildman–Crippen MR) is 97.1 cm³/mol. The van der Waals surface area contributed by atoms with E-state index in [1.54, 1.807) is 0 Å².